The van der Waals surface area contributed by atoms with Gasteiger partial charge in [-0.1, -0.05) is 36.6 Å². The van der Waals surface area contributed by atoms with Gasteiger partial charge in [-0.15, -0.1) is 0 Å². The minimum absolute atomic E-state index is 0.215. The number of halogens is 1. The SMILES string of the molecule is CC(O)C1CCN(C(=O)C2(c3ccc(Cl)cc3)CCCC2)C1. The summed E-state index contributed by atoms with van der Waals surface area (Å²) in [7, 11) is 0. The van der Waals surface area contributed by atoms with E-state index in [1.165, 1.54) is 0 Å². The molecule has 3 nitrogen and oxygen atoms in total. The minimum atomic E-state index is -0.377. The Morgan fingerprint density at radius 2 is 1.95 bits per heavy atom. The molecule has 1 amide bonds. The quantitative estimate of drug-likeness (QED) is 0.927. The molecule has 1 aromatic carbocycles. The van der Waals surface area contributed by atoms with Crippen LogP contribution in [0.1, 0.15) is 44.6 Å². The first kappa shape index (κ1) is 15.8. The second-order valence-corrected chi connectivity index (χ2v) is 7.27. The third-order valence-electron chi connectivity index (χ3n) is 5.46. The van der Waals surface area contributed by atoms with Gasteiger partial charge in [0.15, 0.2) is 0 Å². The van der Waals surface area contributed by atoms with Crippen LogP contribution in [0.2, 0.25) is 5.02 Å². The van der Waals surface area contributed by atoms with E-state index in [2.05, 4.69) is 0 Å². The highest BCUT2D eigenvalue weighted by atomic mass is 35.5. The van der Waals surface area contributed by atoms with Gasteiger partial charge in [-0.05, 0) is 43.9 Å². The Kier molecular flexibility index (Phi) is 4.47. The molecule has 0 bridgehead atoms. The lowest BCUT2D eigenvalue weighted by atomic mass is 9.77. The summed E-state index contributed by atoms with van der Waals surface area (Å²) in [4.78, 5) is 15.2. The van der Waals surface area contributed by atoms with Crippen LogP contribution in [0.3, 0.4) is 0 Å². The molecule has 2 aliphatic rings. The fourth-order valence-corrected chi connectivity index (χ4v) is 4.17. The number of aliphatic hydroxyl groups excluding tert-OH is 1. The van der Waals surface area contributed by atoms with Gasteiger partial charge in [0.25, 0.3) is 0 Å². The highest BCUT2D eigenvalue weighted by Crippen LogP contribution is 2.43. The van der Waals surface area contributed by atoms with E-state index in [0.717, 1.165) is 44.2 Å². The van der Waals surface area contributed by atoms with Gasteiger partial charge in [0.05, 0.1) is 11.5 Å². The molecule has 0 aromatic heterocycles. The molecule has 1 aliphatic carbocycles. The lowest BCUT2D eigenvalue weighted by molar-refractivity contribution is -0.136. The molecule has 1 heterocycles. The van der Waals surface area contributed by atoms with Crippen molar-refractivity contribution in [2.75, 3.05) is 13.1 Å². The zero-order chi connectivity index (χ0) is 15.7. The van der Waals surface area contributed by atoms with Crippen LogP contribution in [0.15, 0.2) is 24.3 Å². The van der Waals surface area contributed by atoms with E-state index in [-0.39, 0.29) is 23.3 Å². The van der Waals surface area contributed by atoms with Crippen molar-refractivity contribution in [3.8, 4) is 0 Å². The second-order valence-electron chi connectivity index (χ2n) is 6.84. The molecule has 120 valence electrons. The summed E-state index contributed by atoms with van der Waals surface area (Å²) < 4.78 is 0. The van der Waals surface area contributed by atoms with Crippen LogP contribution in [-0.2, 0) is 10.2 Å². The smallest absolute Gasteiger partial charge is 0.233 e. The monoisotopic (exact) mass is 321 g/mol. The predicted molar refractivity (Wildman–Crippen MR) is 88.0 cm³/mol. The zero-order valence-corrected chi connectivity index (χ0v) is 13.9. The van der Waals surface area contributed by atoms with Crippen molar-refractivity contribution >= 4 is 17.5 Å². The summed E-state index contributed by atoms with van der Waals surface area (Å²) in [5.41, 5.74) is 0.720. The molecule has 1 N–H and O–H groups in total. The number of rotatable bonds is 3. The summed E-state index contributed by atoms with van der Waals surface area (Å²) >= 11 is 6.00. The van der Waals surface area contributed by atoms with Gasteiger partial charge in [-0.3, -0.25) is 4.79 Å². The first-order valence-corrected chi connectivity index (χ1v) is 8.64. The Bertz CT molecular complexity index is 535. The standard InChI is InChI=1S/C18H24ClNO2/c1-13(21)14-8-11-20(12-14)17(22)18(9-2-3-10-18)15-4-6-16(19)7-5-15/h4-7,13-14,21H,2-3,8-12H2,1H3. The van der Waals surface area contributed by atoms with E-state index in [1.54, 1.807) is 0 Å². The lowest BCUT2D eigenvalue weighted by Gasteiger charge is -2.33. The van der Waals surface area contributed by atoms with E-state index >= 15 is 0 Å². The van der Waals surface area contributed by atoms with Crippen LogP contribution in [0.25, 0.3) is 0 Å². The van der Waals surface area contributed by atoms with Gasteiger partial charge in [-0.2, -0.15) is 0 Å². The molecule has 0 radical (unpaired) electrons. The maximum atomic E-state index is 13.2. The molecule has 2 fully saturated rings. The summed E-state index contributed by atoms with van der Waals surface area (Å²) in [6.45, 7) is 3.28. The van der Waals surface area contributed by atoms with Crippen molar-refractivity contribution in [2.24, 2.45) is 5.92 Å². The topological polar surface area (TPSA) is 40.5 Å². The molecule has 2 atom stereocenters. The third-order valence-corrected chi connectivity index (χ3v) is 5.71. The normalized spacial score (nSPS) is 25.4. The van der Waals surface area contributed by atoms with Crippen molar-refractivity contribution < 1.29 is 9.90 Å². The number of aliphatic hydroxyl groups is 1. The zero-order valence-electron chi connectivity index (χ0n) is 13.1. The van der Waals surface area contributed by atoms with E-state index < -0.39 is 0 Å². The van der Waals surface area contributed by atoms with Crippen LogP contribution in [0.4, 0.5) is 0 Å². The first-order valence-electron chi connectivity index (χ1n) is 8.26. The van der Waals surface area contributed by atoms with Crippen molar-refractivity contribution in [3.05, 3.63) is 34.9 Å². The molecular weight excluding hydrogens is 298 g/mol. The number of likely N-dealkylation sites (tertiary alicyclic amines) is 1. The molecule has 0 spiro atoms. The van der Waals surface area contributed by atoms with Crippen LogP contribution in [-0.4, -0.2) is 35.1 Å². The van der Waals surface area contributed by atoms with Crippen LogP contribution < -0.4 is 0 Å². The Morgan fingerprint density at radius 1 is 1.32 bits per heavy atom. The second kappa shape index (κ2) is 6.21. The van der Waals surface area contributed by atoms with Crippen LogP contribution in [0.5, 0.6) is 0 Å². The number of hydrogen-bond acceptors (Lipinski definition) is 2. The fourth-order valence-electron chi connectivity index (χ4n) is 4.04. The molecule has 1 aromatic rings. The summed E-state index contributed by atoms with van der Waals surface area (Å²) in [5.74, 6) is 0.461. The molecule has 22 heavy (non-hydrogen) atoms. The van der Waals surface area contributed by atoms with E-state index in [1.807, 2.05) is 36.1 Å². The number of carbonyl (C=O) groups is 1. The highest BCUT2D eigenvalue weighted by molar-refractivity contribution is 6.30. The Labute approximate surface area is 137 Å². The van der Waals surface area contributed by atoms with Crippen molar-refractivity contribution in [1.82, 2.24) is 4.90 Å². The number of nitrogens with zero attached hydrogens (tertiary/aromatic N) is 1. The minimum Gasteiger partial charge on any atom is -0.393 e. The average Bonchev–Trinajstić information content (AvgIpc) is 3.17. The first-order chi connectivity index (χ1) is 10.5. The number of carbonyl (C=O) groups excluding carboxylic acids is 1. The van der Waals surface area contributed by atoms with Gasteiger partial charge in [-0.25, -0.2) is 0 Å². The average molecular weight is 322 g/mol. The Balaban J connectivity index is 1.85. The lowest BCUT2D eigenvalue weighted by Crippen LogP contribution is -2.44. The van der Waals surface area contributed by atoms with Crippen molar-refractivity contribution in [1.29, 1.82) is 0 Å². The van der Waals surface area contributed by atoms with Gasteiger partial charge in [0, 0.05) is 24.0 Å². The van der Waals surface area contributed by atoms with Gasteiger partial charge in [0.1, 0.15) is 0 Å². The number of hydrogen-bond donors (Lipinski definition) is 1. The van der Waals surface area contributed by atoms with Crippen molar-refractivity contribution in [2.45, 2.75) is 50.5 Å². The Morgan fingerprint density at radius 3 is 2.50 bits per heavy atom. The molecule has 2 unspecified atom stereocenters. The number of amides is 1. The van der Waals surface area contributed by atoms with Crippen LogP contribution >= 0.6 is 11.6 Å². The van der Waals surface area contributed by atoms with Crippen LogP contribution in [0, 0.1) is 5.92 Å². The van der Waals surface area contributed by atoms with Crippen molar-refractivity contribution in [3.63, 3.8) is 0 Å². The molecule has 3 rings (SSSR count). The number of benzene rings is 1. The van der Waals surface area contributed by atoms with E-state index in [9.17, 15) is 9.90 Å². The van der Waals surface area contributed by atoms with E-state index in [4.69, 9.17) is 11.6 Å². The summed E-state index contributed by atoms with van der Waals surface area (Å²) in [6.07, 6.45) is 4.60. The highest BCUT2D eigenvalue weighted by Gasteiger charge is 2.46. The third kappa shape index (κ3) is 2.77. The molecule has 1 saturated carbocycles. The molecule has 1 saturated heterocycles. The largest absolute Gasteiger partial charge is 0.393 e. The predicted octanol–water partition coefficient (Wildman–Crippen LogP) is 3.38. The fraction of sp³-hybridized carbons (Fsp3) is 0.611. The summed E-state index contributed by atoms with van der Waals surface area (Å²) in [6, 6.07) is 7.78. The molecule has 4 heteroatoms. The maximum absolute atomic E-state index is 13.2. The Hall–Kier alpha value is -1.06. The molecule has 1 aliphatic heterocycles. The van der Waals surface area contributed by atoms with Gasteiger partial charge >= 0.3 is 0 Å². The van der Waals surface area contributed by atoms with E-state index in [0.29, 0.717) is 11.6 Å². The maximum Gasteiger partial charge on any atom is 0.233 e. The summed E-state index contributed by atoms with van der Waals surface area (Å²) in [5, 5.41) is 10.5. The van der Waals surface area contributed by atoms with Gasteiger partial charge < -0.3 is 10.0 Å². The molecular formula is C18H24ClNO2. The van der Waals surface area contributed by atoms with Gasteiger partial charge in [0.2, 0.25) is 5.91 Å².